The van der Waals surface area contributed by atoms with E-state index < -0.39 is 18.1 Å². The highest BCUT2D eigenvalue weighted by Crippen LogP contribution is 2.29. The summed E-state index contributed by atoms with van der Waals surface area (Å²) in [5.41, 5.74) is 0.977. The number of ether oxygens (including phenoxy) is 1. The normalized spacial score (nSPS) is 17.1. The van der Waals surface area contributed by atoms with Gasteiger partial charge >= 0.3 is 5.97 Å². The number of rotatable bonds is 5. The number of amides is 2. The second-order valence-electron chi connectivity index (χ2n) is 7.24. The van der Waals surface area contributed by atoms with Crippen molar-refractivity contribution >= 4 is 39.3 Å². The SMILES string of the molecule is COC(=O)[C@H](Cc1c2ccccc2cc2ccccc12)NC(=O)[C@@H]1CCC(=O)N1. The lowest BCUT2D eigenvalue weighted by Gasteiger charge is -2.21. The van der Waals surface area contributed by atoms with Gasteiger partial charge in [0.05, 0.1) is 7.11 Å². The smallest absolute Gasteiger partial charge is 0.328 e. The molecule has 1 aliphatic heterocycles. The first-order chi connectivity index (χ1) is 14.1. The van der Waals surface area contributed by atoms with Crippen molar-refractivity contribution in [1.82, 2.24) is 10.6 Å². The highest BCUT2D eigenvalue weighted by atomic mass is 16.5. The molecule has 4 rings (SSSR count). The zero-order valence-corrected chi connectivity index (χ0v) is 16.1. The Bertz CT molecular complexity index is 1050. The van der Waals surface area contributed by atoms with Crippen LogP contribution in [0.25, 0.3) is 21.5 Å². The minimum atomic E-state index is -0.848. The molecule has 1 fully saturated rings. The first-order valence-corrected chi connectivity index (χ1v) is 9.64. The van der Waals surface area contributed by atoms with Gasteiger partial charge in [-0.2, -0.15) is 0 Å². The van der Waals surface area contributed by atoms with Crippen LogP contribution in [0.1, 0.15) is 18.4 Å². The lowest BCUT2D eigenvalue weighted by atomic mass is 9.92. The number of fused-ring (bicyclic) bond motifs is 2. The summed E-state index contributed by atoms with van der Waals surface area (Å²) in [6.07, 6.45) is 1.03. The third-order valence-electron chi connectivity index (χ3n) is 5.41. The molecule has 0 radical (unpaired) electrons. The van der Waals surface area contributed by atoms with Crippen molar-refractivity contribution in [2.45, 2.75) is 31.3 Å². The van der Waals surface area contributed by atoms with E-state index in [1.807, 2.05) is 48.5 Å². The Morgan fingerprint density at radius 3 is 2.28 bits per heavy atom. The summed E-state index contributed by atoms with van der Waals surface area (Å²) < 4.78 is 4.95. The first kappa shape index (κ1) is 18.9. The molecule has 29 heavy (non-hydrogen) atoms. The summed E-state index contributed by atoms with van der Waals surface area (Å²) in [5.74, 6) is -1.03. The van der Waals surface area contributed by atoms with Crippen LogP contribution in [0.4, 0.5) is 0 Å². The molecule has 0 aromatic heterocycles. The molecule has 1 aliphatic rings. The maximum absolute atomic E-state index is 12.6. The van der Waals surface area contributed by atoms with E-state index in [9.17, 15) is 14.4 Å². The Balaban J connectivity index is 1.71. The van der Waals surface area contributed by atoms with Crippen molar-refractivity contribution in [3.63, 3.8) is 0 Å². The maximum atomic E-state index is 12.6. The molecule has 3 aromatic carbocycles. The molecule has 0 spiro atoms. The lowest BCUT2D eigenvalue weighted by molar-refractivity contribution is -0.145. The zero-order chi connectivity index (χ0) is 20.4. The molecule has 0 bridgehead atoms. The van der Waals surface area contributed by atoms with Gasteiger partial charge in [-0.3, -0.25) is 9.59 Å². The van der Waals surface area contributed by atoms with Crippen molar-refractivity contribution in [3.05, 3.63) is 60.2 Å². The summed E-state index contributed by atoms with van der Waals surface area (Å²) >= 11 is 0. The average molecular weight is 390 g/mol. The van der Waals surface area contributed by atoms with Crippen molar-refractivity contribution < 1.29 is 19.1 Å². The fourth-order valence-electron chi connectivity index (χ4n) is 3.95. The standard InChI is InChI=1S/C23H22N2O4/c1-29-23(28)20(25-22(27)19-10-11-21(26)24-19)13-18-16-8-4-2-6-14(16)12-15-7-3-5-9-17(15)18/h2-9,12,19-20H,10-11,13H2,1H3,(H,24,26)(H,25,27)/t19-,20-/m0/s1. The zero-order valence-electron chi connectivity index (χ0n) is 16.1. The van der Waals surface area contributed by atoms with Gasteiger partial charge in [0.15, 0.2) is 0 Å². The van der Waals surface area contributed by atoms with Gasteiger partial charge in [0.1, 0.15) is 12.1 Å². The van der Waals surface area contributed by atoms with E-state index in [1.165, 1.54) is 7.11 Å². The summed E-state index contributed by atoms with van der Waals surface area (Å²) in [4.78, 5) is 36.5. The van der Waals surface area contributed by atoms with Gasteiger partial charge in [0, 0.05) is 12.8 Å². The minimum absolute atomic E-state index is 0.153. The van der Waals surface area contributed by atoms with Crippen molar-refractivity contribution in [2.75, 3.05) is 7.11 Å². The molecule has 1 saturated heterocycles. The number of nitrogens with one attached hydrogen (secondary N) is 2. The van der Waals surface area contributed by atoms with E-state index in [-0.39, 0.29) is 11.8 Å². The molecule has 2 amide bonds. The summed E-state index contributed by atoms with van der Waals surface area (Å²) in [6.45, 7) is 0. The van der Waals surface area contributed by atoms with Gasteiger partial charge in [-0.05, 0) is 39.6 Å². The van der Waals surface area contributed by atoms with E-state index in [0.717, 1.165) is 27.1 Å². The molecule has 0 aliphatic carbocycles. The molecule has 0 unspecified atom stereocenters. The molecule has 0 saturated carbocycles. The van der Waals surface area contributed by atoms with Crippen LogP contribution in [0.2, 0.25) is 0 Å². The Morgan fingerprint density at radius 2 is 1.72 bits per heavy atom. The van der Waals surface area contributed by atoms with Gasteiger partial charge < -0.3 is 15.4 Å². The van der Waals surface area contributed by atoms with Crippen LogP contribution in [-0.2, 0) is 25.5 Å². The van der Waals surface area contributed by atoms with Crippen LogP contribution in [0, 0.1) is 0 Å². The lowest BCUT2D eigenvalue weighted by Crippen LogP contribution is -2.50. The van der Waals surface area contributed by atoms with E-state index in [2.05, 4.69) is 16.7 Å². The minimum Gasteiger partial charge on any atom is -0.467 e. The second-order valence-corrected chi connectivity index (χ2v) is 7.24. The Labute approximate surface area is 168 Å². The third-order valence-corrected chi connectivity index (χ3v) is 5.41. The van der Waals surface area contributed by atoms with Crippen molar-refractivity contribution in [3.8, 4) is 0 Å². The first-order valence-electron chi connectivity index (χ1n) is 9.64. The van der Waals surface area contributed by atoms with Gasteiger partial charge in [0.2, 0.25) is 11.8 Å². The molecule has 6 nitrogen and oxygen atoms in total. The summed E-state index contributed by atoms with van der Waals surface area (Å²) in [6, 6.07) is 16.6. The number of benzene rings is 3. The second kappa shape index (κ2) is 7.91. The largest absolute Gasteiger partial charge is 0.467 e. The van der Waals surface area contributed by atoms with Gasteiger partial charge in [-0.1, -0.05) is 48.5 Å². The Hall–Kier alpha value is -3.41. The molecule has 2 atom stereocenters. The number of carbonyl (C=O) groups excluding carboxylic acids is 3. The highest BCUT2D eigenvalue weighted by molar-refractivity contribution is 6.03. The van der Waals surface area contributed by atoms with Crippen molar-refractivity contribution in [2.24, 2.45) is 0 Å². The number of hydrogen-bond donors (Lipinski definition) is 2. The van der Waals surface area contributed by atoms with Crippen LogP contribution in [0.3, 0.4) is 0 Å². The van der Waals surface area contributed by atoms with Crippen LogP contribution in [-0.4, -0.2) is 37.0 Å². The van der Waals surface area contributed by atoms with E-state index in [0.29, 0.717) is 19.3 Å². The fraction of sp³-hybridized carbons (Fsp3) is 0.261. The van der Waals surface area contributed by atoms with E-state index >= 15 is 0 Å². The monoisotopic (exact) mass is 390 g/mol. The summed E-state index contributed by atoms with van der Waals surface area (Å²) in [7, 11) is 1.31. The number of methoxy groups -OCH3 is 1. The molecule has 148 valence electrons. The third kappa shape index (κ3) is 3.78. The van der Waals surface area contributed by atoms with E-state index in [1.54, 1.807) is 0 Å². The predicted molar refractivity (Wildman–Crippen MR) is 110 cm³/mol. The quantitative estimate of drug-likeness (QED) is 0.518. The molecule has 6 heteroatoms. The van der Waals surface area contributed by atoms with Crippen LogP contribution < -0.4 is 10.6 Å². The Kier molecular flexibility index (Phi) is 5.16. The molecule has 2 N–H and O–H groups in total. The maximum Gasteiger partial charge on any atom is 0.328 e. The predicted octanol–water partition coefficient (Wildman–Crippen LogP) is 2.47. The molecule has 3 aromatic rings. The fourth-order valence-corrected chi connectivity index (χ4v) is 3.95. The van der Waals surface area contributed by atoms with Crippen molar-refractivity contribution in [1.29, 1.82) is 0 Å². The van der Waals surface area contributed by atoms with E-state index in [4.69, 9.17) is 4.74 Å². The molecule has 1 heterocycles. The Morgan fingerprint density at radius 1 is 1.10 bits per heavy atom. The average Bonchev–Trinajstić information content (AvgIpc) is 3.18. The molecular weight excluding hydrogens is 368 g/mol. The highest BCUT2D eigenvalue weighted by Gasteiger charge is 2.31. The van der Waals surface area contributed by atoms with Gasteiger partial charge in [0.25, 0.3) is 0 Å². The van der Waals surface area contributed by atoms with Crippen LogP contribution in [0.5, 0.6) is 0 Å². The van der Waals surface area contributed by atoms with Crippen LogP contribution in [0.15, 0.2) is 54.6 Å². The topological polar surface area (TPSA) is 84.5 Å². The van der Waals surface area contributed by atoms with Gasteiger partial charge in [-0.25, -0.2) is 4.79 Å². The van der Waals surface area contributed by atoms with Crippen LogP contribution >= 0.6 is 0 Å². The number of carbonyl (C=O) groups is 3. The van der Waals surface area contributed by atoms with Gasteiger partial charge in [-0.15, -0.1) is 0 Å². The molecular formula is C23H22N2O4. The summed E-state index contributed by atoms with van der Waals surface area (Å²) in [5, 5.41) is 9.62. The number of esters is 1. The number of hydrogen-bond acceptors (Lipinski definition) is 4.